The van der Waals surface area contributed by atoms with E-state index in [-0.39, 0.29) is 22.4 Å². The first-order chi connectivity index (χ1) is 11.5. The Bertz CT molecular complexity index is 767. The number of nitrogens with one attached hydrogen (secondary N) is 1. The molecule has 2 aromatic carbocycles. The number of nitrogens with two attached hydrogens (primary N) is 1. The Hall–Kier alpha value is -3.35. The number of carbonyl (C=O) groups excluding carboxylic acids is 3. The third-order valence-corrected chi connectivity index (χ3v) is 3.24. The van der Waals surface area contributed by atoms with Crippen molar-refractivity contribution < 1.29 is 23.9 Å². The number of benzene rings is 2. The summed E-state index contributed by atoms with van der Waals surface area (Å²) in [5.74, 6) is -1.75. The summed E-state index contributed by atoms with van der Waals surface area (Å²) in [6.07, 6.45) is 0. The maximum Gasteiger partial charge on any atom is 0.337 e. The lowest BCUT2D eigenvalue weighted by molar-refractivity contribution is 0.0599. The van der Waals surface area contributed by atoms with Crippen molar-refractivity contribution in [2.24, 2.45) is 0 Å². The van der Waals surface area contributed by atoms with Crippen molar-refractivity contribution in [3.63, 3.8) is 0 Å². The lowest BCUT2D eigenvalue weighted by atomic mass is 10.1. The fraction of sp³-hybridized carbons (Fsp3) is 0.118. The zero-order valence-electron chi connectivity index (χ0n) is 13.2. The van der Waals surface area contributed by atoms with Gasteiger partial charge in [0, 0.05) is 11.4 Å². The molecule has 124 valence electrons. The second kappa shape index (κ2) is 7.28. The summed E-state index contributed by atoms with van der Waals surface area (Å²) in [4.78, 5) is 35.8. The highest BCUT2D eigenvalue weighted by atomic mass is 16.5. The molecule has 1 amide bonds. The van der Waals surface area contributed by atoms with Gasteiger partial charge in [0.05, 0.1) is 30.9 Å². The molecule has 0 aliphatic rings. The highest BCUT2D eigenvalue weighted by Gasteiger charge is 2.16. The highest BCUT2D eigenvalue weighted by molar-refractivity contribution is 6.08. The Morgan fingerprint density at radius 1 is 0.917 bits per heavy atom. The molecule has 7 nitrogen and oxygen atoms in total. The Balaban J connectivity index is 2.38. The predicted octanol–water partition coefficient (Wildman–Crippen LogP) is 2.09. The van der Waals surface area contributed by atoms with E-state index in [4.69, 9.17) is 5.73 Å². The van der Waals surface area contributed by atoms with Gasteiger partial charge < -0.3 is 20.5 Å². The summed E-state index contributed by atoms with van der Waals surface area (Å²) >= 11 is 0. The number of anilines is 2. The van der Waals surface area contributed by atoms with Crippen molar-refractivity contribution in [1.82, 2.24) is 0 Å². The van der Waals surface area contributed by atoms with Crippen molar-refractivity contribution in [2.45, 2.75) is 0 Å². The van der Waals surface area contributed by atoms with Gasteiger partial charge in [0.1, 0.15) is 0 Å². The Labute approximate surface area is 138 Å². The summed E-state index contributed by atoms with van der Waals surface area (Å²) in [5.41, 5.74) is 6.81. The molecule has 3 N–H and O–H groups in total. The molecule has 2 rings (SSSR count). The minimum absolute atomic E-state index is 0.108. The SMILES string of the molecule is COC(=O)c1cc(NC(=O)c2ccccc2N)cc(C(=O)OC)c1. The van der Waals surface area contributed by atoms with Crippen molar-refractivity contribution in [3.05, 3.63) is 59.2 Å². The Kier molecular flexibility index (Phi) is 5.16. The standard InChI is InChI=1S/C17H16N2O5/c1-23-16(21)10-7-11(17(22)24-2)9-12(8-10)19-15(20)13-5-3-4-6-14(13)18/h3-9H,18H2,1-2H3,(H,19,20). The van der Waals surface area contributed by atoms with Crippen LogP contribution in [0.3, 0.4) is 0 Å². The third-order valence-electron chi connectivity index (χ3n) is 3.24. The summed E-state index contributed by atoms with van der Waals surface area (Å²) in [5, 5.41) is 2.60. The van der Waals surface area contributed by atoms with E-state index in [0.717, 1.165) is 0 Å². The quantitative estimate of drug-likeness (QED) is 0.657. The molecule has 0 spiro atoms. The van der Waals surface area contributed by atoms with Crippen LogP contribution in [0.25, 0.3) is 0 Å². The molecule has 0 aliphatic carbocycles. The molecular formula is C17H16N2O5. The van der Waals surface area contributed by atoms with Gasteiger partial charge >= 0.3 is 11.9 Å². The van der Waals surface area contributed by atoms with E-state index in [2.05, 4.69) is 14.8 Å². The van der Waals surface area contributed by atoms with Crippen LogP contribution in [-0.4, -0.2) is 32.1 Å². The van der Waals surface area contributed by atoms with Gasteiger partial charge in [-0.3, -0.25) is 4.79 Å². The van der Waals surface area contributed by atoms with E-state index in [1.807, 2.05) is 0 Å². The van der Waals surface area contributed by atoms with E-state index in [1.54, 1.807) is 24.3 Å². The normalized spacial score (nSPS) is 9.92. The van der Waals surface area contributed by atoms with Gasteiger partial charge in [-0.25, -0.2) is 9.59 Å². The van der Waals surface area contributed by atoms with E-state index in [0.29, 0.717) is 5.69 Å². The first-order valence-corrected chi connectivity index (χ1v) is 6.94. The molecule has 0 atom stereocenters. The zero-order chi connectivity index (χ0) is 17.7. The minimum Gasteiger partial charge on any atom is -0.465 e. The number of hydrogen-bond donors (Lipinski definition) is 2. The molecule has 7 heteroatoms. The van der Waals surface area contributed by atoms with Crippen molar-refractivity contribution in [2.75, 3.05) is 25.3 Å². The van der Waals surface area contributed by atoms with Gasteiger partial charge in [-0.15, -0.1) is 0 Å². The monoisotopic (exact) mass is 328 g/mol. The summed E-state index contributed by atoms with van der Waals surface area (Å²) in [6.45, 7) is 0. The van der Waals surface area contributed by atoms with E-state index in [1.165, 1.54) is 32.4 Å². The Morgan fingerprint density at radius 2 is 1.46 bits per heavy atom. The van der Waals surface area contributed by atoms with Crippen LogP contribution in [0.1, 0.15) is 31.1 Å². The number of methoxy groups -OCH3 is 2. The van der Waals surface area contributed by atoms with Crippen molar-refractivity contribution in [1.29, 1.82) is 0 Å². The summed E-state index contributed by atoms with van der Waals surface area (Å²) in [7, 11) is 2.44. The molecule has 0 saturated carbocycles. The number of amides is 1. The van der Waals surface area contributed by atoms with E-state index in [9.17, 15) is 14.4 Å². The second-order valence-corrected chi connectivity index (χ2v) is 4.82. The molecule has 0 unspecified atom stereocenters. The summed E-state index contributed by atoms with van der Waals surface area (Å²) < 4.78 is 9.29. The van der Waals surface area contributed by atoms with Gasteiger partial charge in [-0.2, -0.15) is 0 Å². The first-order valence-electron chi connectivity index (χ1n) is 6.94. The lowest BCUT2D eigenvalue weighted by Gasteiger charge is -2.10. The largest absolute Gasteiger partial charge is 0.465 e. The molecule has 0 bridgehead atoms. The molecule has 24 heavy (non-hydrogen) atoms. The van der Waals surface area contributed by atoms with Crippen molar-refractivity contribution >= 4 is 29.2 Å². The van der Waals surface area contributed by atoms with Gasteiger partial charge in [-0.1, -0.05) is 12.1 Å². The maximum absolute atomic E-state index is 12.3. The van der Waals surface area contributed by atoms with E-state index >= 15 is 0 Å². The summed E-state index contributed by atoms with van der Waals surface area (Å²) in [6, 6.07) is 10.7. The van der Waals surface area contributed by atoms with Crippen molar-refractivity contribution in [3.8, 4) is 0 Å². The van der Waals surface area contributed by atoms with Gasteiger partial charge in [0.15, 0.2) is 0 Å². The number of rotatable bonds is 4. The molecule has 0 aromatic heterocycles. The van der Waals surface area contributed by atoms with Gasteiger partial charge in [0.25, 0.3) is 5.91 Å². The number of para-hydroxylation sites is 1. The fourth-order valence-electron chi connectivity index (χ4n) is 2.07. The fourth-order valence-corrected chi connectivity index (χ4v) is 2.07. The van der Waals surface area contributed by atoms with Crippen LogP contribution in [0.2, 0.25) is 0 Å². The number of nitrogen functional groups attached to an aromatic ring is 1. The molecule has 0 radical (unpaired) electrons. The smallest absolute Gasteiger partial charge is 0.337 e. The highest BCUT2D eigenvalue weighted by Crippen LogP contribution is 2.19. The van der Waals surface area contributed by atoms with Gasteiger partial charge in [-0.05, 0) is 30.3 Å². The van der Waals surface area contributed by atoms with Crippen LogP contribution in [-0.2, 0) is 9.47 Å². The zero-order valence-corrected chi connectivity index (χ0v) is 13.2. The number of esters is 2. The average Bonchev–Trinajstić information content (AvgIpc) is 2.60. The van der Waals surface area contributed by atoms with Crippen LogP contribution in [0.5, 0.6) is 0 Å². The Morgan fingerprint density at radius 3 is 1.96 bits per heavy atom. The molecule has 0 heterocycles. The number of hydrogen-bond acceptors (Lipinski definition) is 6. The maximum atomic E-state index is 12.3. The molecular weight excluding hydrogens is 312 g/mol. The van der Waals surface area contributed by atoms with Crippen LogP contribution in [0.4, 0.5) is 11.4 Å². The van der Waals surface area contributed by atoms with Crippen LogP contribution >= 0.6 is 0 Å². The lowest BCUT2D eigenvalue weighted by Crippen LogP contribution is -2.15. The third kappa shape index (κ3) is 3.70. The minimum atomic E-state index is -0.643. The number of ether oxygens (including phenoxy) is 2. The van der Waals surface area contributed by atoms with Crippen LogP contribution in [0, 0.1) is 0 Å². The second-order valence-electron chi connectivity index (χ2n) is 4.82. The predicted molar refractivity (Wildman–Crippen MR) is 87.9 cm³/mol. The molecule has 0 fully saturated rings. The topological polar surface area (TPSA) is 108 Å². The molecule has 0 saturated heterocycles. The van der Waals surface area contributed by atoms with Gasteiger partial charge in [0.2, 0.25) is 0 Å². The number of carbonyl (C=O) groups is 3. The van der Waals surface area contributed by atoms with Crippen LogP contribution < -0.4 is 11.1 Å². The van der Waals surface area contributed by atoms with E-state index < -0.39 is 17.8 Å². The van der Waals surface area contributed by atoms with Crippen LogP contribution in [0.15, 0.2) is 42.5 Å². The molecule has 0 aliphatic heterocycles. The first kappa shape index (κ1) is 17.0. The molecule has 2 aromatic rings. The average molecular weight is 328 g/mol.